The van der Waals surface area contributed by atoms with Crippen molar-refractivity contribution in [2.75, 3.05) is 11.6 Å². The van der Waals surface area contributed by atoms with Crippen molar-refractivity contribution in [1.29, 1.82) is 0 Å². The highest BCUT2D eigenvalue weighted by Crippen LogP contribution is 2.38. The summed E-state index contributed by atoms with van der Waals surface area (Å²) in [5, 5.41) is 10.2. The molecule has 1 aliphatic carbocycles. The fourth-order valence-corrected chi connectivity index (χ4v) is 4.94. The lowest BCUT2D eigenvalue weighted by Gasteiger charge is -2.12. The number of rotatable bonds is 4. The van der Waals surface area contributed by atoms with Crippen molar-refractivity contribution in [1.82, 2.24) is 20.2 Å². The van der Waals surface area contributed by atoms with Crippen LogP contribution in [0.15, 0.2) is 29.4 Å². The van der Waals surface area contributed by atoms with Crippen LogP contribution in [0.3, 0.4) is 0 Å². The molecule has 3 heterocycles. The second-order valence-electron chi connectivity index (χ2n) is 6.75. The molecule has 0 spiro atoms. The molecule has 1 fully saturated rings. The summed E-state index contributed by atoms with van der Waals surface area (Å²) in [7, 11) is 0. The highest BCUT2D eigenvalue weighted by Gasteiger charge is 2.43. The number of nitrogens with zero attached hydrogens (tertiary/aromatic N) is 3. The van der Waals surface area contributed by atoms with Crippen LogP contribution < -0.4 is 5.32 Å². The van der Waals surface area contributed by atoms with Gasteiger partial charge in [-0.15, -0.1) is 0 Å². The number of thiazole rings is 1. The minimum Gasteiger partial charge on any atom is -0.612 e. The number of H-pyrrole nitrogens is 1. The number of halogens is 2. The highest BCUT2D eigenvalue weighted by molar-refractivity contribution is 7.90. The third kappa shape index (κ3) is 3.15. The molecule has 0 radical (unpaired) electrons. The van der Waals surface area contributed by atoms with Crippen LogP contribution in [-0.2, 0) is 16.0 Å². The molecule has 0 bridgehead atoms. The fraction of sp³-hybridized carbons (Fsp3) is 0.222. The summed E-state index contributed by atoms with van der Waals surface area (Å²) < 4.78 is 40.6. The number of aromatic amines is 1. The van der Waals surface area contributed by atoms with E-state index in [2.05, 4.69) is 25.5 Å². The topological polar surface area (TPSA) is 107 Å². The molecule has 3 aromatic heterocycles. The van der Waals surface area contributed by atoms with E-state index in [4.69, 9.17) is 0 Å². The highest BCUT2D eigenvalue weighted by atomic mass is 32.2. The number of hydrogen-bond donors (Lipinski definition) is 2. The molecule has 0 aliphatic heterocycles. The Hall–Kier alpha value is -2.63. The maximum atomic E-state index is 14.6. The first-order valence-corrected chi connectivity index (χ1v) is 11.0. The predicted molar refractivity (Wildman–Crippen MR) is 106 cm³/mol. The van der Waals surface area contributed by atoms with E-state index in [0.717, 1.165) is 0 Å². The van der Waals surface area contributed by atoms with E-state index in [1.807, 2.05) is 0 Å². The third-order valence-corrected chi connectivity index (χ3v) is 6.66. The first-order chi connectivity index (χ1) is 13.9. The zero-order chi connectivity index (χ0) is 20.3. The van der Waals surface area contributed by atoms with E-state index >= 15 is 0 Å². The quantitative estimate of drug-likeness (QED) is 0.480. The van der Waals surface area contributed by atoms with Crippen molar-refractivity contribution in [3.8, 4) is 11.3 Å². The average molecular weight is 433 g/mol. The van der Waals surface area contributed by atoms with Crippen LogP contribution in [0.5, 0.6) is 0 Å². The summed E-state index contributed by atoms with van der Waals surface area (Å²) in [4.78, 5) is 20.7. The standard InChI is InChI=1S/C18H13F2N5O2S2/c1-29(27)16-10(20)3-11-8(5-22-25-11)15(16)12-4-14-13(6-21-12)23-18(28-14)24-17(26)7-2-9(7)19/h3-7,9H,2H2,1H3,(H,22,25)(H,23,24,26)/t7-,9+,29?/m1/s1. The Morgan fingerprint density at radius 3 is 2.93 bits per heavy atom. The van der Waals surface area contributed by atoms with Crippen LogP contribution >= 0.6 is 11.3 Å². The van der Waals surface area contributed by atoms with Gasteiger partial charge in [-0.1, -0.05) is 11.3 Å². The van der Waals surface area contributed by atoms with Gasteiger partial charge in [0, 0.05) is 11.5 Å². The first kappa shape index (κ1) is 18.4. The van der Waals surface area contributed by atoms with Crippen molar-refractivity contribution in [3.05, 3.63) is 30.3 Å². The van der Waals surface area contributed by atoms with Gasteiger partial charge in [-0.3, -0.25) is 14.9 Å². The largest absolute Gasteiger partial charge is 0.612 e. The Morgan fingerprint density at radius 2 is 2.21 bits per heavy atom. The van der Waals surface area contributed by atoms with Gasteiger partial charge >= 0.3 is 0 Å². The lowest BCUT2D eigenvalue weighted by Crippen LogP contribution is -2.14. The van der Waals surface area contributed by atoms with Gasteiger partial charge in [0.1, 0.15) is 17.9 Å². The molecule has 1 aliphatic rings. The molecule has 148 valence electrons. The molecule has 1 saturated carbocycles. The minimum absolute atomic E-state index is 0.0477. The summed E-state index contributed by atoms with van der Waals surface area (Å²) in [5.74, 6) is -1.61. The van der Waals surface area contributed by atoms with E-state index in [1.165, 1.54) is 36.1 Å². The molecule has 1 amide bonds. The van der Waals surface area contributed by atoms with Crippen molar-refractivity contribution in [3.63, 3.8) is 0 Å². The molecule has 1 aromatic carbocycles. The first-order valence-electron chi connectivity index (χ1n) is 8.63. The molecule has 2 N–H and O–H groups in total. The number of carbonyl (C=O) groups excluding carboxylic acids is 1. The van der Waals surface area contributed by atoms with Gasteiger partial charge in [0.2, 0.25) is 5.91 Å². The van der Waals surface area contributed by atoms with Crippen LogP contribution in [0.4, 0.5) is 13.9 Å². The Balaban J connectivity index is 1.60. The second-order valence-corrected chi connectivity index (χ2v) is 9.10. The fourth-order valence-electron chi connectivity index (χ4n) is 3.23. The average Bonchev–Trinajstić information content (AvgIpc) is 3.06. The maximum Gasteiger partial charge on any atom is 0.232 e. The van der Waals surface area contributed by atoms with E-state index in [1.54, 1.807) is 6.07 Å². The lowest BCUT2D eigenvalue weighted by atomic mass is 10.1. The number of carbonyl (C=O) groups is 1. The van der Waals surface area contributed by atoms with Gasteiger partial charge in [0.15, 0.2) is 15.8 Å². The minimum atomic E-state index is -1.59. The summed E-state index contributed by atoms with van der Waals surface area (Å²) in [6.45, 7) is 0. The summed E-state index contributed by atoms with van der Waals surface area (Å²) in [6, 6.07) is 2.97. The molecule has 4 aromatic rings. The Bertz CT molecular complexity index is 1270. The number of anilines is 1. The van der Waals surface area contributed by atoms with E-state index in [9.17, 15) is 18.1 Å². The Kier molecular flexibility index (Phi) is 4.26. The normalized spacial score (nSPS) is 19.6. The smallest absolute Gasteiger partial charge is 0.232 e. The number of amides is 1. The summed E-state index contributed by atoms with van der Waals surface area (Å²) in [6.07, 6.45) is 3.59. The van der Waals surface area contributed by atoms with Crippen molar-refractivity contribution >= 4 is 54.7 Å². The van der Waals surface area contributed by atoms with Gasteiger partial charge in [0.05, 0.1) is 39.8 Å². The second kappa shape index (κ2) is 6.71. The van der Waals surface area contributed by atoms with Gasteiger partial charge < -0.3 is 9.87 Å². The maximum absolute atomic E-state index is 14.6. The van der Waals surface area contributed by atoms with E-state index in [0.29, 0.717) is 37.5 Å². The van der Waals surface area contributed by atoms with Crippen LogP contribution in [-0.4, -0.2) is 43.1 Å². The van der Waals surface area contributed by atoms with Crippen molar-refractivity contribution in [2.24, 2.45) is 5.92 Å². The molecule has 3 atom stereocenters. The Labute approximate surface area is 169 Å². The SMILES string of the molecule is C[S+]([O-])c1c(F)cc2[nH]ncc2c1-c1cc2sc(NC(=O)[C@@H]3C[C@@H]3F)nc2cn1. The molecule has 0 saturated heterocycles. The zero-order valence-corrected chi connectivity index (χ0v) is 16.5. The molecular formula is C18H13F2N5O2S2. The molecule has 5 rings (SSSR count). The number of fused-ring (bicyclic) bond motifs is 2. The van der Waals surface area contributed by atoms with E-state index in [-0.39, 0.29) is 11.3 Å². The number of benzene rings is 1. The van der Waals surface area contributed by atoms with Gasteiger partial charge in [-0.25, -0.2) is 13.8 Å². The summed E-state index contributed by atoms with van der Waals surface area (Å²) in [5.41, 5.74) is 1.83. The number of nitrogens with one attached hydrogen (secondary N) is 2. The number of alkyl halides is 1. The molecule has 7 nitrogen and oxygen atoms in total. The van der Waals surface area contributed by atoms with Crippen molar-refractivity contribution < 1.29 is 18.1 Å². The third-order valence-electron chi connectivity index (χ3n) is 4.75. The number of hydrogen-bond acceptors (Lipinski definition) is 6. The molecule has 29 heavy (non-hydrogen) atoms. The van der Waals surface area contributed by atoms with Gasteiger partial charge in [-0.05, 0) is 23.7 Å². The molecular weight excluding hydrogens is 420 g/mol. The molecule has 1 unspecified atom stereocenters. The summed E-state index contributed by atoms with van der Waals surface area (Å²) >= 11 is -0.384. The Morgan fingerprint density at radius 1 is 1.41 bits per heavy atom. The van der Waals surface area contributed by atoms with Crippen LogP contribution in [0.25, 0.3) is 32.4 Å². The van der Waals surface area contributed by atoms with E-state index < -0.39 is 35.0 Å². The van der Waals surface area contributed by atoms with Crippen molar-refractivity contribution in [2.45, 2.75) is 17.5 Å². The molecule has 11 heteroatoms. The number of pyridine rings is 1. The lowest BCUT2D eigenvalue weighted by molar-refractivity contribution is -0.117. The predicted octanol–water partition coefficient (Wildman–Crippen LogP) is 3.41. The monoisotopic (exact) mass is 433 g/mol. The van der Waals surface area contributed by atoms with Crippen LogP contribution in [0.1, 0.15) is 6.42 Å². The van der Waals surface area contributed by atoms with Gasteiger partial charge in [0.25, 0.3) is 0 Å². The van der Waals surface area contributed by atoms with Gasteiger partial charge in [-0.2, -0.15) is 5.10 Å². The zero-order valence-electron chi connectivity index (χ0n) is 14.9. The van der Waals surface area contributed by atoms with Crippen LogP contribution in [0.2, 0.25) is 0 Å². The number of aromatic nitrogens is 4. The van der Waals surface area contributed by atoms with Crippen LogP contribution in [0, 0.1) is 11.7 Å².